The van der Waals surface area contributed by atoms with Crippen molar-refractivity contribution in [3.8, 4) is 0 Å². The molecule has 0 bridgehead atoms. The minimum absolute atomic E-state index is 0.146. The van der Waals surface area contributed by atoms with Gasteiger partial charge < -0.3 is 10.6 Å². The van der Waals surface area contributed by atoms with Gasteiger partial charge in [0, 0.05) is 30.6 Å². The SMILES string of the molecule is CC(CNC1CC1)NCc1ccc(F)c2ccccc12. The van der Waals surface area contributed by atoms with E-state index in [0.717, 1.165) is 30.1 Å². The second kappa shape index (κ2) is 5.90. The summed E-state index contributed by atoms with van der Waals surface area (Å²) in [5.74, 6) is -0.146. The number of hydrogen-bond acceptors (Lipinski definition) is 2. The smallest absolute Gasteiger partial charge is 0.131 e. The van der Waals surface area contributed by atoms with Crippen LogP contribution in [-0.2, 0) is 6.54 Å². The molecule has 1 aliphatic carbocycles. The number of fused-ring (bicyclic) bond motifs is 1. The van der Waals surface area contributed by atoms with Crippen molar-refractivity contribution < 1.29 is 4.39 Å². The highest BCUT2D eigenvalue weighted by molar-refractivity contribution is 5.86. The van der Waals surface area contributed by atoms with Gasteiger partial charge in [-0.2, -0.15) is 0 Å². The molecule has 1 atom stereocenters. The second-order valence-corrected chi connectivity index (χ2v) is 5.72. The van der Waals surface area contributed by atoms with E-state index in [-0.39, 0.29) is 5.82 Å². The lowest BCUT2D eigenvalue weighted by Gasteiger charge is -2.15. The Morgan fingerprint density at radius 2 is 1.90 bits per heavy atom. The highest BCUT2D eigenvalue weighted by atomic mass is 19.1. The van der Waals surface area contributed by atoms with Gasteiger partial charge in [-0.25, -0.2) is 4.39 Å². The average Bonchev–Trinajstić information content (AvgIpc) is 3.29. The van der Waals surface area contributed by atoms with Crippen LogP contribution < -0.4 is 10.6 Å². The predicted octanol–water partition coefficient (Wildman–Crippen LogP) is 3.21. The van der Waals surface area contributed by atoms with Crippen molar-refractivity contribution in [2.24, 2.45) is 0 Å². The third kappa shape index (κ3) is 3.17. The van der Waals surface area contributed by atoms with Gasteiger partial charge in [0.25, 0.3) is 0 Å². The number of benzene rings is 2. The summed E-state index contributed by atoms with van der Waals surface area (Å²) in [4.78, 5) is 0. The first-order chi connectivity index (χ1) is 9.74. The number of nitrogens with one attached hydrogen (secondary N) is 2. The van der Waals surface area contributed by atoms with Crippen molar-refractivity contribution in [3.63, 3.8) is 0 Å². The molecule has 0 aliphatic heterocycles. The summed E-state index contributed by atoms with van der Waals surface area (Å²) in [7, 11) is 0. The predicted molar refractivity (Wildman–Crippen MR) is 81.2 cm³/mol. The Bertz CT molecular complexity index is 593. The van der Waals surface area contributed by atoms with E-state index in [1.54, 1.807) is 6.07 Å². The summed E-state index contributed by atoms with van der Waals surface area (Å²) in [6, 6.07) is 12.3. The molecule has 0 spiro atoms. The molecule has 3 rings (SSSR count). The molecule has 1 unspecified atom stereocenters. The van der Waals surface area contributed by atoms with Crippen LogP contribution in [0.15, 0.2) is 36.4 Å². The lowest BCUT2D eigenvalue weighted by atomic mass is 10.0. The average molecular weight is 272 g/mol. The van der Waals surface area contributed by atoms with E-state index in [9.17, 15) is 4.39 Å². The number of halogens is 1. The fraction of sp³-hybridized carbons (Fsp3) is 0.412. The molecule has 1 fully saturated rings. The highest BCUT2D eigenvalue weighted by Crippen LogP contribution is 2.22. The molecular weight excluding hydrogens is 251 g/mol. The molecule has 0 aromatic heterocycles. The van der Waals surface area contributed by atoms with Crippen molar-refractivity contribution in [3.05, 3.63) is 47.8 Å². The van der Waals surface area contributed by atoms with Gasteiger partial charge in [-0.15, -0.1) is 0 Å². The third-order valence-electron chi connectivity index (χ3n) is 3.89. The molecule has 0 saturated heterocycles. The Kier molecular flexibility index (Phi) is 3.99. The fourth-order valence-corrected chi connectivity index (χ4v) is 2.47. The van der Waals surface area contributed by atoms with Crippen molar-refractivity contribution in [2.45, 2.75) is 38.4 Å². The van der Waals surface area contributed by atoms with Crippen molar-refractivity contribution in [1.29, 1.82) is 0 Å². The van der Waals surface area contributed by atoms with Gasteiger partial charge in [0.2, 0.25) is 0 Å². The third-order valence-corrected chi connectivity index (χ3v) is 3.89. The van der Waals surface area contributed by atoms with E-state index < -0.39 is 0 Å². The van der Waals surface area contributed by atoms with Gasteiger partial charge in [-0.3, -0.25) is 0 Å². The summed E-state index contributed by atoms with van der Waals surface area (Å²) < 4.78 is 13.8. The van der Waals surface area contributed by atoms with Gasteiger partial charge in [-0.1, -0.05) is 30.3 Å². The quantitative estimate of drug-likeness (QED) is 0.844. The maximum Gasteiger partial charge on any atom is 0.131 e. The molecule has 2 N–H and O–H groups in total. The fourth-order valence-electron chi connectivity index (χ4n) is 2.47. The molecule has 1 aliphatic rings. The molecular formula is C17H21FN2. The maximum absolute atomic E-state index is 13.8. The van der Waals surface area contributed by atoms with Crippen LogP contribution in [0, 0.1) is 5.82 Å². The summed E-state index contributed by atoms with van der Waals surface area (Å²) in [5, 5.41) is 8.73. The lowest BCUT2D eigenvalue weighted by Crippen LogP contribution is -2.36. The Morgan fingerprint density at radius 1 is 1.15 bits per heavy atom. The topological polar surface area (TPSA) is 24.1 Å². The molecule has 2 aromatic carbocycles. The monoisotopic (exact) mass is 272 g/mol. The normalized spacial score (nSPS) is 16.5. The molecule has 2 aromatic rings. The zero-order chi connectivity index (χ0) is 13.9. The van der Waals surface area contributed by atoms with E-state index >= 15 is 0 Å². The minimum atomic E-state index is -0.146. The second-order valence-electron chi connectivity index (χ2n) is 5.72. The standard InChI is InChI=1S/C17H21FN2/c1-12(10-20-14-7-8-14)19-11-13-6-9-17(18)16-5-3-2-4-15(13)16/h2-6,9,12,14,19-20H,7-8,10-11H2,1H3. The van der Waals surface area contributed by atoms with Crippen molar-refractivity contribution in [1.82, 2.24) is 10.6 Å². The van der Waals surface area contributed by atoms with E-state index in [0.29, 0.717) is 11.4 Å². The van der Waals surface area contributed by atoms with Crippen LogP contribution in [0.3, 0.4) is 0 Å². The van der Waals surface area contributed by atoms with E-state index in [2.05, 4.69) is 17.6 Å². The molecule has 0 radical (unpaired) electrons. The van der Waals surface area contributed by atoms with Crippen LogP contribution in [0.4, 0.5) is 4.39 Å². The minimum Gasteiger partial charge on any atom is -0.312 e. The summed E-state index contributed by atoms with van der Waals surface area (Å²) in [6.07, 6.45) is 2.63. The Hall–Kier alpha value is -1.45. The lowest BCUT2D eigenvalue weighted by molar-refractivity contribution is 0.500. The van der Waals surface area contributed by atoms with E-state index in [1.165, 1.54) is 12.8 Å². The van der Waals surface area contributed by atoms with Crippen LogP contribution in [0.1, 0.15) is 25.3 Å². The Morgan fingerprint density at radius 3 is 2.65 bits per heavy atom. The first-order valence-electron chi connectivity index (χ1n) is 7.37. The van der Waals surface area contributed by atoms with Crippen LogP contribution in [0.2, 0.25) is 0 Å². The van der Waals surface area contributed by atoms with Gasteiger partial charge in [0.1, 0.15) is 5.82 Å². The highest BCUT2D eigenvalue weighted by Gasteiger charge is 2.20. The molecule has 20 heavy (non-hydrogen) atoms. The van der Waals surface area contributed by atoms with E-state index in [1.807, 2.05) is 30.3 Å². The van der Waals surface area contributed by atoms with Crippen LogP contribution in [-0.4, -0.2) is 18.6 Å². The summed E-state index contributed by atoms with van der Waals surface area (Å²) in [5.41, 5.74) is 1.15. The van der Waals surface area contributed by atoms with Crippen molar-refractivity contribution in [2.75, 3.05) is 6.54 Å². The molecule has 106 valence electrons. The van der Waals surface area contributed by atoms with Crippen LogP contribution in [0.5, 0.6) is 0 Å². The van der Waals surface area contributed by atoms with Gasteiger partial charge >= 0.3 is 0 Å². The first kappa shape index (κ1) is 13.5. The van der Waals surface area contributed by atoms with Crippen LogP contribution in [0.25, 0.3) is 10.8 Å². The largest absolute Gasteiger partial charge is 0.312 e. The first-order valence-corrected chi connectivity index (χ1v) is 7.37. The number of hydrogen-bond donors (Lipinski definition) is 2. The van der Waals surface area contributed by atoms with Crippen LogP contribution >= 0.6 is 0 Å². The van der Waals surface area contributed by atoms with E-state index in [4.69, 9.17) is 0 Å². The van der Waals surface area contributed by atoms with Gasteiger partial charge in [0.05, 0.1) is 0 Å². The molecule has 3 heteroatoms. The molecule has 1 saturated carbocycles. The zero-order valence-electron chi connectivity index (χ0n) is 11.8. The van der Waals surface area contributed by atoms with Crippen molar-refractivity contribution >= 4 is 10.8 Å². The van der Waals surface area contributed by atoms with Gasteiger partial charge in [-0.05, 0) is 36.8 Å². The Balaban J connectivity index is 1.66. The number of rotatable bonds is 6. The molecule has 2 nitrogen and oxygen atoms in total. The van der Waals surface area contributed by atoms with Gasteiger partial charge in [0.15, 0.2) is 0 Å². The molecule has 0 amide bonds. The maximum atomic E-state index is 13.8. The zero-order valence-corrected chi connectivity index (χ0v) is 11.8. The summed E-state index contributed by atoms with van der Waals surface area (Å²) in [6.45, 7) is 3.94. The Labute approximate surface area is 119 Å². The summed E-state index contributed by atoms with van der Waals surface area (Å²) >= 11 is 0. The molecule has 0 heterocycles.